The molecule has 0 amide bonds. The Balaban J connectivity index is 3.06. The largest absolute Gasteiger partial charge is 0.478 e. The van der Waals surface area contributed by atoms with Crippen LogP contribution in [0.4, 0.5) is 4.39 Å². The first-order valence-corrected chi connectivity index (χ1v) is 4.14. The summed E-state index contributed by atoms with van der Waals surface area (Å²) in [5, 5.41) is 17.1. The van der Waals surface area contributed by atoms with Crippen molar-refractivity contribution in [2.24, 2.45) is 0 Å². The van der Waals surface area contributed by atoms with Gasteiger partial charge in [0.2, 0.25) is 0 Å². The summed E-state index contributed by atoms with van der Waals surface area (Å²) in [7, 11) is 0. The van der Waals surface area contributed by atoms with E-state index in [2.05, 4.69) is 16.8 Å². The van der Waals surface area contributed by atoms with Crippen LogP contribution in [-0.2, 0) is 0 Å². The highest BCUT2D eigenvalue weighted by molar-refractivity contribution is 5.88. The number of aromatic nitrogens is 1. The molecule has 0 unspecified atom stereocenters. The number of carboxylic acid groups (broad SMARTS) is 1. The maximum absolute atomic E-state index is 13.3. The molecule has 0 atom stereocenters. The molecule has 0 saturated carbocycles. The lowest BCUT2D eigenvalue weighted by Gasteiger charge is -1.97. The molecule has 1 aromatic rings. The van der Waals surface area contributed by atoms with Crippen LogP contribution in [0.5, 0.6) is 0 Å². The first-order valence-electron chi connectivity index (χ1n) is 4.14. The Bertz CT molecular complexity index is 434. The molecule has 0 radical (unpaired) electrons. The van der Waals surface area contributed by atoms with Crippen LogP contribution in [0.2, 0.25) is 0 Å². The van der Waals surface area contributed by atoms with Gasteiger partial charge in [0.15, 0.2) is 5.82 Å². The molecule has 1 rings (SSSR count). The first kappa shape index (κ1) is 11.1. The number of carboxylic acids is 1. The van der Waals surface area contributed by atoms with Gasteiger partial charge < -0.3 is 10.2 Å². The quantitative estimate of drug-likeness (QED) is 0.702. The van der Waals surface area contributed by atoms with Crippen LogP contribution >= 0.6 is 0 Å². The molecule has 5 heteroatoms. The van der Waals surface area contributed by atoms with Crippen molar-refractivity contribution in [1.82, 2.24) is 4.98 Å². The van der Waals surface area contributed by atoms with Crippen molar-refractivity contribution in [2.45, 2.75) is 6.42 Å². The molecule has 0 aromatic carbocycles. The number of aliphatic hydroxyl groups is 1. The zero-order chi connectivity index (χ0) is 11.3. The van der Waals surface area contributed by atoms with Gasteiger partial charge in [-0.25, -0.2) is 14.2 Å². The smallest absolute Gasteiger partial charge is 0.338 e. The van der Waals surface area contributed by atoms with E-state index in [1.54, 1.807) is 0 Å². The second-order valence-electron chi connectivity index (χ2n) is 2.60. The molecule has 0 bridgehead atoms. The topological polar surface area (TPSA) is 70.4 Å². The molecule has 0 aliphatic rings. The van der Waals surface area contributed by atoms with E-state index in [-0.39, 0.29) is 18.7 Å². The molecule has 0 fully saturated rings. The third kappa shape index (κ3) is 2.76. The number of carbonyl (C=O) groups is 1. The van der Waals surface area contributed by atoms with E-state index in [0.29, 0.717) is 0 Å². The lowest BCUT2D eigenvalue weighted by Crippen LogP contribution is -2.03. The van der Waals surface area contributed by atoms with Crippen molar-refractivity contribution in [3.8, 4) is 11.8 Å². The number of aromatic carboxylic acids is 1. The second-order valence-corrected chi connectivity index (χ2v) is 2.60. The van der Waals surface area contributed by atoms with E-state index in [1.807, 2.05) is 0 Å². The van der Waals surface area contributed by atoms with Gasteiger partial charge in [0, 0.05) is 12.6 Å². The fraction of sp³-hybridized carbons (Fsp3) is 0.200. The molecule has 0 spiro atoms. The SMILES string of the molecule is O=C(O)c1ccnc(C#CCCO)c1F. The summed E-state index contributed by atoms with van der Waals surface area (Å²) in [4.78, 5) is 14.1. The fourth-order valence-corrected chi connectivity index (χ4v) is 0.898. The summed E-state index contributed by atoms with van der Waals surface area (Å²) in [6, 6.07) is 1.06. The van der Waals surface area contributed by atoms with E-state index in [0.717, 1.165) is 6.07 Å². The highest BCUT2D eigenvalue weighted by atomic mass is 19.1. The van der Waals surface area contributed by atoms with Gasteiger partial charge in [0.05, 0.1) is 12.2 Å². The predicted molar refractivity (Wildman–Crippen MR) is 49.7 cm³/mol. The molecule has 78 valence electrons. The van der Waals surface area contributed by atoms with E-state index in [4.69, 9.17) is 10.2 Å². The second kappa shape index (κ2) is 5.08. The molecule has 2 N–H and O–H groups in total. The van der Waals surface area contributed by atoms with Crippen LogP contribution in [0, 0.1) is 17.7 Å². The van der Waals surface area contributed by atoms with E-state index < -0.39 is 17.3 Å². The number of pyridine rings is 1. The molecular weight excluding hydrogens is 201 g/mol. The Hall–Kier alpha value is -1.93. The number of halogens is 1. The van der Waals surface area contributed by atoms with E-state index in [1.165, 1.54) is 6.20 Å². The minimum absolute atomic E-state index is 0.132. The van der Waals surface area contributed by atoms with Crippen LogP contribution in [0.3, 0.4) is 0 Å². The van der Waals surface area contributed by atoms with Crippen LogP contribution in [0.15, 0.2) is 12.3 Å². The zero-order valence-corrected chi connectivity index (χ0v) is 7.70. The van der Waals surface area contributed by atoms with Gasteiger partial charge in [-0.2, -0.15) is 0 Å². The third-order valence-corrected chi connectivity index (χ3v) is 1.56. The summed E-state index contributed by atoms with van der Waals surface area (Å²) in [5.41, 5.74) is -0.679. The number of hydrogen-bond donors (Lipinski definition) is 2. The highest BCUT2D eigenvalue weighted by Crippen LogP contribution is 2.09. The van der Waals surface area contributed by atoms with Gasteiger partial charge in [0.1, 0.15) is 5.69 Å². The predicted octanol–water partition coefficient (Wildman–Crippen LogP) is 0.653. The van der Waals surface area contributed by atoms with Crippen LogP contribution in [0.1, 0.15) is 22.5 Å². The molecule has 1 heterocycles. The van der Waals surface area contributed by atoms with E-state index >= 15 is 0 Å². The normalized spacial score (nSPS) is 9.20. The summed E-state index contributed by atoms with van der Waals surface area (Å²) in [5.74, 6) is 2.50. The Morgan fingerprint density at radius 2 is 2.33 bits per heavy atom. The van der Waals surface area contributed by atoms with Crippen molar-refractivity contribution in [3.63, 3.8) is 0 Å². The first-order chi connectivity index (χ1) is 7.16. The van der Waals surface area contributed by atoms with Crippen LogP contribution in [0.25, 0.3) is 0 Å². The minimum atomic E-state index is -1.36. The maximum Gasteiger partial charge on any atom is 0.338 e. The molecule has 1 aromatic heterocycles. The Morgan fingerprint density at radius 3 is 2.93 bits per heavy atom. The van der Waals surface area contributed by atoms with E-state index in [9.17, 15) is 9.18 Å². The summed E-state index contributed by atoms with van der Waals surface area (Å²) in [6.07, 6.45) is 1.37. The standard InChI is InChI=1S/C10H8FNO3/c11-9-7(10(14)15)4-5-12-8(9)3-1-2-6-13/h4-5,13H,2,6H2,(H,14,15). The van der Waals surface area contributed by atoms with Gasteiger partial charge in [-0.1, -0.05) is 5.92 Å². The average molecular weight is 209 g/mol. The van der Waals surface area contributed by atoms with Gasteiger partial charge in [-0.05, 0) is 12.0 Å². The summed E-state index contributed by atoms with van der Waals surface area (Å²) >= 11 is 0. The van der Waals surface area contributed by atoms with Gasteiger partial charge >= 0.3 is 5.97 Å². The average Bonchev–Trinajstić information content (AvgIpc) is 2.20. The summed E-state index contributed by atoms with van der Waals surface area (Å²) in [6.45, 7) is -0.132. The highest BCUT2D eigenvalue weighted by Gasteiger charge is 2.13. The van der Waals surface area contributed by atoms with Crippen molar-refractivity contribution >= 4 is 5.97 Å². The Kier molecular flexibility index (Phi) is 3.77. The van der Waals surface area contributed by atoms with Crippen LogP contribution < -0.4 is 0 Å². The fourth-order valence-electron chi connectivity index (χ4n) is 0.898. The van der Waals surface area contributed by atoms with Crippen molar-refractivity contribution in [1.29, 1.82) is 0 Å². The molecule has 0 aliphatic heterocycles. The van der Waals surface area contributed by atoms with Gasteiger partial charge in [-0.15, -0.1) is 0 Å². The molecule has 15 heavy (non-hydrogen) atoms. The third-order valence-electron chi connectivity index (χ3n) is 1.56. The van der Waals surface area contributed by atoms with Gasteiger partial charge in [-0.3, -0.25) is 0 Å². The number of hydrogen-bond acceptors (Lipinski definition) is 3. The Labute approximate surface area is 85.4 Å². The molecule has 4 nitrogen and oxygen atoms in total. The van der Waals surface area contributed by atoms with Crippen molar-refractivity contribution in [2.75, 3.05) is 6.61 Å². The van der Waals surface area contributed by atoms with Crippen molar-refractivity contribution < 1.29 is 19.4 Å². The minimum Gasteiger partial charge on any atom is -0.478 e. The number of rotatable bonds is 2. The molecule has 0 aliphatic carbocycles. The molecule has 0 saturated heterocycles. The lowest BCUT2D eigenvalue weighted by molar-refractivity contribution is 0.0691. The van der Waals surface area contributed by atoms with Crippen molar-refractivity contribution in [3.05, 3.63) is 29.3 Å². The number of nitrogens with zero attached hydrogens (tertiary/aromatic N) is 1. The van der Waals surface area contributed by atoms with Gasteiger partial charge in [0.25, 0.3) is 0 Å². The molecular formula is C10H8FNO3. The van der Waals surface area contributed by atoms with Crippen LogP contribution in [-0.4, -0.2) is 27.8 Å². The number of aliphatic hydroxyl groups excluding tert-OH is 1. The monoisotopic (exact) mass is 209 g/mol. The summed E-state index contributed by atoms with van der Waals surface area (Å²) < 4.78 is 13.3. The Morgan fingerprint density at radius 1 is 1.60 bits per heavy atom. The zero-order valence-electron chi connectivity index (χ0n) is 7.70. The lowest BCUT2D eigenvalue weighted by atomic mass is 10.2. The maximum atomic E-state index is 13.3.